The molecule has 0 bridgehead atoms. The molecule has 0 aliphatic carbocycles. The van der Waals surface area contributed by atoms with Gasteiger partial charge in [0.1, 0.15) is 0 Å². The number of anilines is 1. The Labute approximate surface area is 143 Å². The third kappa shape index (κ3) is 6.29. The number of sulfonamides is 1. The van der Waals surface area contributed by atoms with E-state index in [0.29, 0.717) is 18.0 Å². The predicted molar refractivity (Wildman–Crippen MR) is 91.0 cm³/mol. The monoisotopic (exact) mass is 356 g/mol. The summed E-state index contributed by atoms with van der Waals surface area (Å²) in [6.07, 6.45) is 0.965. The highest BCUT2D eigenvalue weighted by molar-refractivity contribution is 7.89. The molecule has 0 radical (unpaired) electrons. The fourth-order valence-corrected chi connectivity index (χ4v) is 2.72. The van der Waals surface area contributed by atoms with Gasteiger partial charge in [-0.1, -0.05) is 19.9 Å². The Bertz CT molecular complexity index is 683. The fourth-order valence-electron chi connectivity index (χ4n) is 1.77. The number of ether oxygens (including phenoxy) is 1. The van der Waals surface area contributed by atoms with Gasteiger partial charge in [0, 0.05) is 26.2 Å². The summed E-state index contributed by atoms with van der Waals surface area (Å²) in [6, 6.07) is 5.89. The van der Waals surface area contributed by atoms with E-state index in [4.69, 9.17) is 4.74 Å². The molecule has 0 saturated heterocycles. The molecule has 0 aliphatic rings. The van der Waals surface area contributed by atoms with Crippen LogP contribution in [0.2, 0.25) is 0 Å². The molecule has 1 amide bonds. The number of amides is 1. The number of hydrogen-bond acceptors (Lipinski definition) is 5. The molecule has 1 aromatic carbocycles. The number of hydrogen-bond donors (Lipinski definition) is 1. The molecule has 0 saturated carbocycles. The number of carbonyl (C=O) groups is 2. The highest BCUT2D eigenvalue weighted by Gasteiger charge is 2.17. The Morgan fingerprint density at radius 3 is 2.50 bits per heavy atom. The second-order valence-corrected chi connectivity index (χ2v) is 8.11. The van der Waals surface area contributed by atoms with Crippen molar-refractivity contribution in [3.05, 3.63) is 24.3 Å². The first kappa shape index (κ1) is 20.1. The summed E-state index contributed by atoms with van der Waals surface area (Å²) >= 11 is 0. The minimum Gasteiger partial charge on any atom is -0.456 e. The van der Waals surface area contributed by atoms with E-state index in [9.17, 15) is 18.0 Å². The van der Waals surface area contributed by atoms with E-state index in [1.54, 1.807) is 6.07 Å². The van der Waals surface area contributed by atoms with Crippen LogP contribution in [-0.4, -0.2) is 45.3 Å². The zero-order valence-corrected chi connectivity index (χ0v) is 15.2. The van der Waals surface area contributed by atoms with Crippen molar-refractivity contribution in [2.45, 2.75) is 31.6 Å². The smallest absolute Gasteiger partial charge is 0.306 e. The molecular weight excluding hydrogens is 332 g/mol. The van der Waals surface area contributed by atoms with Crippen LogP contribution in [0.5, 0.6) is 0 Å². The summed E-state index contributed by atoms with van der Waals surface area (Å²) in [5, 5.41) is 2.51. The van der Waals surface area contributed by atoms with Crippen LogP contribution in [-0.2, 0) is 24.3 Å². The second kappa shape index (κ2) is 8.79. The van der Waals surface area contributed by atoms with Gasteiger partial charge in [-0.05, 0) is 30.5 Å². The molecule has 0 aliphatic heterocycles. The lowest BCUT2D eigenvalue weighted by Gasteiger charge is -2.12. The molecule has 24 heavy (non-hydrogen) atoms. The lowest BCUT2D eigenvalue weighted by Crippen LogP contribution is -2.23. The highest BCUT2D eigenvalue weighted by Crippen LogP contribution is 2.17. The first-order chi connectivity index (χ1) is 11.1. The van der Waals surface area contributed by atoms with E-state index < -0.39 is 28.5 Å². The Hall–Kier alpha value is -1.93. The molecule has 8 heteroatoms. The predicted octanol–water partition coefficient (Wildman–Crippen LogP) is 1.85. The summed E-state index contributed by atoms with van der Waals surface area (Å²) in [4.78, 5) is 23.3. The van der Waals surface area contributed by atoms with Gasteiger partial charge in [-0.2, -0.15) is 0 Å². The number of benzene rings is 1. The van der Waals surface area contributed by atoms with E-state index in [2.05, 4.69) is 5.32 Å². The minimum absolute atomic E-state index is 0.0687. The van der Waals surface area contributed by atoms with E-state index in [-0.39, 0.29) is 11.3 Å². The van der Waals surface area contributed by atoms with Crippen molar-refractivity contribution in [3.63, 3.8) is 0 Å². The van der Waals surface area contributed by atoms with Crippen molar-refractivity contribution >= 4 is 27.6 Å². The van der Waals surface area contributed by atoms with Crippen LogP contribution in [0, 0.1) is 5.92 Å². The summed E-state index contributed by atoms with van der Waals surface area (Å²) in [5.74, 6) is -0.567. The van der Waals surface area contributed by atoms with Gasteiger partial charge in [-0.15, -0.1) is 0 Å². The topological polar surface area (TPSA) is 92.8 Å². The SMILES string of the molecule is CC(C)CCC(=O)OCC(=O)Nc1cccc(S(=O)(=O)N(C)C)c1. The van der Waals surface area contributed by atoms with Crippen LogP contribution < -0.4 is 5.32 Å². The average molecular weight is 356 g/mol. The average Bonchev–Trinajstić information content (AvgIpc) is 2.51. The lowest BCUT2D eigenvalue weighted by atomic mass is 10.1. The third-order valence-corrected chi connectivity index (χ3v) is 5.00. The van der Waals surface area contributed by atoms with Gasteiger partial charge in [-0.3, -0.25) is 9.59 Å². The molecule has 1 rings (SSSR count). The molecule has 1 N–H and O–H groups in total. The molecule has 0 spiro atoms. The number of esters is 1. The Morgan fingerprint density at radius 2 is 1.92 bits per heavy atom. The molecule has 1 aromatic rings. The van der Waals surface area contributed by atoms with Crippen molar-refractivity contribution in [2.75, 3.05) is 26.0 Å². The van der Waals surface area contributed by atoms with Gasteiger partial charge < -0.3 is 10.1 Å². The second-order valence-electron chi connectivity index (χ2n) is 5.96. The summed E-state index contributed by atoms with van der Waals surface area (Å²) < 4.78 is 30.1. The summed E-state index contributed by atoms with van der Waals surface area (Å²) in [6.45, 7) is 3.59. The van der Waals surface area contributed by atoms with E-state index >= 15 is 0 Å². The van der Waals surface area contributed by atoms with E-state index in [1.807, 2.05) is 13.8 Å². The van der Waals surface area contributed by atoms with Crippen LogP contribution in [0.3, 0.4) is 0 Å². The summed E-state index contributed by atoms with van der Waals surface area (Å²) in [7, 11) is -0.724. The lowest BCUT2D eigenvalue weighted by molar-refractivity contribution is -0.147. The maximum Gasteiger partial charge on any atom is 0.306 e. The Balaban J connectivity index is 2.61. The first-order valence-corrected chi connectivity index (χ1v) is 9.05. The normalized spacial score (nSPS) is 11.6. The fraction of sp³-hybridized carbons (Fsp3) is 0.500. The Kier molecular flexibility index (Phi) is 7.37. The van der Waals surface area contributed by atoms with Crippen LogP contribution in [0.4, 0.5) is 5.69 Å². The van der Waals surface area contributed by atoms with Gasteiger partial charge in [0.25, 0.3) is 5.91 Å². The van der Waals surface area contributed by atoms with Gasteiger partial charge in [0.05, 0.1) is 4.90 Å². The number of carbonyl (C=O) groups excluding carboxylic acids is 2. The molecule has 0 aromatic heterocycles. The molecule has 0 atom stereocenters. The van der Waals surface area contributed by atoms with E-state index in [1.165, 1.54) is 32.3 Å². The number of nitrogens with zero attached hydrogens (tertiary/aromatic N) is 1. The van der Waals surface area contributed by atoms with Crippen LogP contribution in [0.25, 0.3) is 0 Å². The van der Waals surface area contributed by atoms with Crippen LogP contribution >= 0.6 is 0 Å². The molecule has 134 valence electrons. The zero-order valence-electron chi connectivity index (χ0n) is 14.4. The minimum atomic E-state index is -3.58. The first-order valence-electron chi connectivity index (χ1n) is 7.61. The van der Waals surface area contributed by atoms with Gasteiger partial charge >= 0.3 is 5.97 Å². The van der Waals surface area contributed by atoms with Crippen molar-refractivity contribution in [1.82, 2.24) is 4.31 Å². The summed E-state index contributed by atoms with van der Waals surface area (Å²) in [5.41, 5.74) is 0.321. The van der Waals surface area contributed by atoms with Crippen molar-refractivity contribution in [1.29, 1.82) is 0 Å². The Morgan fingerprint density at radius 1 is 1.25 bits per heavy atom. The van der Waals surface area contributed by atoms with E-state index in [0.717, 1.165) is 4.31 Å². The maximum absolute atomic E-state index is 12.1. The maximum atomic E-state index is 12.1. The standard InChI is InChI=1S/C16H24N2O5S/c1-12(2)8-9-16(20)23-11-15(19)17-13-6-5-7-14(10-13)24(21,22)18(3)4/h5-7,10,12H,8-9,11H2,1-4H3,(H,17,19). The number of nitrogens with one attached hydrogen (secondary N) is 1. The van der Waals surface area contributed by atoms with Gasteiger partial charge in [0.15, 0.2) is 6.61 Å². The highest BCUT2D eigenvalue weighted by atomic mass is 32.2. The molecule has 0 fully saturated rings. The molecule has 0 unspecified atom stereocenters. The molecule has 7 nitrogen and oxygen atoms in total. The molecule has 0 heterocycles. The third-order valence-electron chi connectivity index (χ3n) is 3.19. The molecular formula is C16H24N2O5S. The van der Waals surface area contributed by atoms with Gasteiger partial charge in [0.2, 0.25) is 10.0 Å². The largest absolute Gasteiger partial charge is 0.456 e. The van der Waals surface area contributed by atoms with Crippen molar-refractivity contribution in [3.8, 4) is 0 Å². The van der Waals surface area contributed by atoms with Crippen molar-refractivity contribution in [2.24, 2.45) is 5.92 Å². The number of rotatable bonds is 8. The van der Waals surface area contributed by atoms with Crippen molar-refractivity contribution < 1.29 is 22.7 Å². The quantitative estimate of drug-likeness (QED) is 0.718. The van der Waals surface area contributed by atoms with Gasteiger partial charge in [-0.25, -0.2) is 12.7 Å². The van der Waals surface area contributed by atoms with Crippen LogP contribution in [0.1, 0.15) is 26.7 Å². The zero-order chi connectivity index (χ0) is 18.3. The van der Waals surface area contributed by atoms with Crippen LogP contribution in [0.15, 0.2) is 29.2 Å².